The average Bonchev–Trinajstić information content (AvgIpc) is 2.20. The molecule has 1 N–H and O–H groups in total. The van der Waals surface area contributed by atoms with Crippen LogP contribution in [0.1, 0.15) is 12.5 Å². The molecule has 0 heterocycles. The van der Waals surface area contributed by atoms with Crippen LogP contribution in [0.3, 0.4) is 0 Å². The Labute approximate surface area is 96.5 Å². The van der Waals surface area contributed by atoms with Gasteiger partial charge in [0.1, 0.15) is 0 Å². The van der Waals surface area contributed by atoms with Crippen LogP contribution in [-0.4, -0.2) is 24.9 Å². The minimum Gasteiger partial charge on any atom is -0.315 e. The van der Waals surface area contributed by atoms with Gasteiger partial charge in [-0.3, -0.25) is 4.79 Å². The van der Waals surface area contributed by atoms with E-state index in [1.807, 2.05) is 38.4 Å². The Morgan fingerprint density at radius 1 is 1.38 bits per heavy atom. The SMILES string of the molecule is CC#CC(=O)Nc1ccccc1CN(C)C. The number of hydrogen-bond acceptors (Lipinski definition) is 2. The zero-order valence-electron chi connectivity index (χ0n) is 9.87. The lowest BCUT2D eigenvalue weighted by atomic mass is 10.1. The molecule has 0 aliphatic rings. The fraction of sp³-hybridized carbons (Fsp3) is 0.308. The van der Waals surface area contributed by atoms with Crippen molar-refractivity contribution in [1.29, 1.82) is 0 Å². The summed E-state index contributed by atoms with van der Waals surface area (Å²) in [7, 11) is 3.98. The van der Waals surface area contributed by atoms with Crippen LogP contribution < -0.4 is 5.32 Å². The van der Waals surface area contributed by atoms with E-state index in [0.717, 1.165) is 17.8 Å². The summed E-state index contributed by atoms with van der Waals surface area (Å²) in [5.41, 5.74) is 1.91. The minimum atomic E-state index is -0.270. The molecule has 0 saturated heterocycles. The van der Waals surface area contributed by atoms with Crippen LogP contribution in [0.2, 0.25) is 0 Å². The lowest BCUT2D eigenvalue weighted by Crippen LogP contribution is -2.15. The predicted molar refractivity (Wildman–Crippen MR) is 65.9 cm³/mol. The Bertz CT molecular complexity index is 427. The van der Waals surface area contributed by atoms with Gasteiger partial charge in [-0.05, 0) is 38.6 Å². The van der Waals surface area contributed by atoms with Crippen molar-refractivity contribution in [2.45, 2.75) is 13.5 Å². The van der Waals surface area contributed by atoms with Crippen LogP contribution in [0.4, 0.5) is 5.69 Å². The third-order valence-corrected chi connectivity index (χ3v) is 1.99. The average molecular weight is 216 g/mol. The highest BCUT2D eigenvalue weighted by molar-refractivity contribution is 6.04. The zero-order valence-corrected chi connectivity index (χ0v) is 9.87. The molecule has 0 aromatic heterocycles. The van der Waals surface area contributed by atoms with Gasteiger partial charge in [-0.2, -0.15) is 0 Å². The third kappa shape index (κ3) is 3.76. The molecule has 0 aliphatic heterocycles. The van der Waals surface area contributed by atoms with E-state index in [1.54, 1.807) is 6.92 Å². The fourth-order valence-corrected chi connectivity index (χ4v) is 1.39. The van der Waals surface area contributed by atoms with E-state index in [9.17, 15) is 4.79 Å². The highest BCUT2D eigenvalue weighted by Crippen LogP contribution is 2.15. The number of nitrogens with one attached hydrogen (secondary N) is 1. The van der Waals surface area contributed by atoms with Gasteiger partial charge in [0, 0.05) is 12.2 Å². The number of carbonyl (C=O) groups excluding carboxylic acids is 1. The van der Waals surface area contributed by atoms with Crippen molar-refractivity contribution < 1.29 is 4.79 Å². The first-order valence-electron chi connectivity index (χ1n) is 5.10. The second-order valence-electron chi connectivity index (χ2n) is 3.72. The van der Waals surface area contributed by atoms with Crippen LogP contribution in [0, 0.1) is 11.8 Å². The summed E-state index contributed by atoms with van der Waals surface area (Å²) in [5, 5.41) is 2.78. The molecule has 1 aromatic rings. The summed E-state index contributed by atoms with van der Waals surface area (Å²) in [4.78, 5) is 13.4. The smallest absolute Gasteiger partial charge is 0.300 e. The van der Waals surface area contributed by atoms with Gasteiger partial charge in [0.25, 0.3) is 5.91 Å². The summed E-state index contributed by atoms with van der Waals surface area (Å²) in [6, 6.07) is 7.73. The second-order valence-corrected chi connectivity index (χ2v) is 3.72. The second kappa shape index (κ2) is 5.94. The summed E-state index contributed by atoms with van der Waals surface area (Å²) in [6.45, 7) is 2.43. The molecule has 0 bridgehead atoms. The molecule has 0 radical (unpaired) electrons. The molecule has 0 fully saturated rings. The molecule has 0 atom stereocenters. The Hall–Kier alpha value is -1.79. The van der Waals surface area contributed by atoms with Crippen LogP contribution in [0.15, 0.2) is 24.3 Å². The number of rotatable bonds is 3. The highest BCUT2D eigenvalue weighted by Gasteiger charge is 2.04. The van der Waals surface area contributed by atoms with Gasteiger partial charge in [-0.15, -0.1) is 0 Å². The summed E-state index contributed by atoms with van der Waals surface area (Å²) in [6.07, 6.45) is 0. The Morgan fingerprint density at radius 3 is 2.69 bits per heavy atom. The standard InChI is InChI=1S/C13H16N2O/c1-4-7-13(16)14-12-9-6-5-8-11(12)10-15(2)3/h5-6,8-9H,10H2,1-3H3,(H,14,16). The van der Waals surface area contributed by atoms with E-state index in [0.29, 0.717) is 0 Å². The number of amides is 1. The van der Waals surface area contributed by atoms with Crippen molar-refractivity contribution in [2.24, 2.45) is 0 Å². The summed E-state index contributed by atoms with van der Waals surface area (Å²) < 4.78 is 0. The molecule has 1 amide bonds. The van der Waals surface area contributed by atoms with Crippen LogP contribution in [0.5, 0.6) is 0 Å². The first-order chi connectivity index (χ1) is 7.63. The number of hydrogen-bond donors (Lipinski definition) is 1. The Morgan fingerprint density at radius 2 is 2.06 bits per heavy atom. The van der Waals surface area contributed by atoms with Gasteiger partial charge in [-0.1, -0.05) is 24.1 Å². The van der Waals surface area contributed by atoms with Crippen molar-refractivity contribution in [2.75, 3.05) is 19.4 Å². The molecule has 3 nitrogen and oxygen atoms in total. The van der Waals surface area contributed by atoms with Crippen LogP contribution in [0.25, 0.3) is 0 Å². The number of anilines is 1. The van der Waals surface area contributed by atoms with Crippen LogP contribution >= 0.6 is 0 Å². The van der Waals surface area contributed by atoms with E-state index in [4.69, 9.17) is 0 Å². The number of benzene rings is 1. The molecule has 3 heteroatoms. The number of para-hydroxylation sites is 1. The molecular weight excluding hydrogens is 200 g/mol. The monoisotopic (exact) mass is 216 g/mol. The summed E-state index contributed by atoms with van der Waals surface area (Å²) >= 11 is 0. The number of carbonyl (C=O) groups is 1. The third-order valence-electron chi connectivity index (χ3n) is 1.99. The molecule has 0 aliphatic carbocycles. The first-order valence-corrected chi connectivity index (χ1v) is 5.10. The van der Waals surface area contributed by atoms with Gasteiger partial charge in [0.2, 0.25) is 0 Å². The van der Waals surface area contributed by atoms with Crippen molar-refractivity contribution >= 4 is 11.6 Å². The lowest BCUT2D eigenvalue weighted by molar-refractivity contribution is -0.111. The predicted octanol–water partition coefficient (Wildman–Crippen LogP) is 1.71. The van der Waals surface area contributed by atoms with Crippen LogP contribution in [-0.2, 0) is 11.3 Å². The Balaban J connectivity index is 2.85. The molecule has 0 spiro atoms. The first kappa shape index (κ1) is 12.3. The molecule has 1 rings (SSSR count). The van der Waals surface area contributed by atoms with Gasteiger partial charge >= 0.3 is 0 Å². The fourth-order valence-electron chi connectivity index (χ4n) is 1.39. The molecule has 1 aromatic carbocycles. The van der Waals surface area contributed by atoms with E-state index in [-0.39, 0.29) is 5.91 Å². The molecular formula is C13H16N2O. The van der Waals surface area contributed by atoms with E-state index in [2.05, 4.69) is 22.1 Å². The molecule has 84 valence electrons. The maximum atomic E-state index is 11.4. The van der Waals surface area contributed by atoms with Crippen molar-refractivity contribution in [1.82, 2.24) is 4.90 Å². The van der Waals surface area contributed by atoms with Gasteiger partial charge < -0.3 is 10.2 Å². The van der Waals surface area contributed by atoms with E-state index < -0.39 is 0 Å². The molecule has 16 heavy (non-hydrogen) atoms. The van der Waals surface area contributed by atoms with Gasteiger partial charge in [0.05, 0.1) is 0 Å². The van der Waals surface area contributed by atoms with Crippen molar-refractivity contribution in [3.05, 3.63) is 29.8 Å². The lowest BCUT2D eigenvalue weighted by Gasteiger charge is -2.13. The molecule has 0 saturated carbocycles. The topological polar surface area (TPSA) is 32.3 Å². The normalized spacial score (nSPS) is 9.50. The minimum absolute atomic E-state index is 0.270. The number of nitrogens with zero attached hydrogens (tertiary/aromatic N) is 1. The quantitative estimate of drug-likeness (QED) is 0.780. The van der Waals surface area contributed by atoms with Gasteiger partial charge in [-0.25, -0.2) is 0 Å². The molecule has 0 unspecified atom stereocenters. The van der Waals surface area contributed by atoms with Crippen molar-refractivity contribution in [3.63, 3.8) is 0 Å². The maximum Gasteiger partial charge on any atom is 0.300 e. The highest BCUT2D eigenvalue weighted by atomic mass is 16.1. The van der Waals surface area contributed by atoms with E-state index in [1.165, 1.54) is 0 Å². The summed E-state index contributed by atoms with van der Waals surface area (Å²) in [5.74, 6) is 4.77. The van der Waals surface area contributed by atoms with E-state index >= 15 is 0 Å². The van der Waals surface area contributed by atoms with Crippen molar-refractivity contribution in [3.8, 4) is 11.8 Å². The van der Waals surface area contributed by atoms with Gasteiger partial charge in [0.15, 0.2) is 0 Å². The maximum absolute atomic E-state index is 11.4. The zero-order chi connectivity index (χ0) is 12.0. The largest absolute Gasteiger partial charge is 0.315 e. The Kier molecular flexibility index (Phi) is 4.56.